The van der Waals surface area contributed by atoms with Crippen molar-refractivity contribution in [2.24, 2.45) is 5.92 Å². The zero-order chi connectivity index (χ0) is 19.3. The number of nitrogens with zero attached hydrogens (tertiary/aromatic N) is 3. The highest BCUT2D eigenvalue weighted by molar-refractivity contribution is 5.68. The van der Waals surface area contributed by atoms with Crippen LogP contribution in [0.1, 0.15) is 52.1 Å². The summed E-state index contributed by atoms with van der Waals surface area (Å²) in [6.07, 6.45) is 1.10. The van der Waals surface area contributed by atoms with Crippen LogP contribution in [0.5, 0.6) is 0 Å². The fourth-order valence-electron chi connectivity index (χ4n) is 3.58. The molecule has 0 saturated carbocycles. The summed E-state index contributed by atoms with van der Waals surface area (Å²) in [5.74, 6) is 0.276. The molecule has 1 saturated heterocycles. The zero-order valence-corrected chi connectivity index (χ0v) is 16.6. The highest BCUT2D eigenvalue weighted by Gasteiger charge is 2.36. The minimum absolute atomic E-state index is 0.114. The third kappa shape index (κ3) is 5.22. The van der Waals surface area contributed by atoms with E-state index in [1.165, 1.54) is 5.56 Å². The average Bonchev–Trinajstić information content (AvgIpc) is 3.07. The van der Waals surface area contributed by atoms with Gasteiger partial charge < -0.3 is 9.64 Å². The Balaban J connectivity index is 2.06. The number of ether oxygens (including phenoxy) is 1. The molecule has 0 N–H and O–H groups in total. The maximum absolute atomic E-state index is 12.3. The Hall–Kier alpha value is -2.06. The summed E-state index contributed by atoms with van der Waals surface area (Å²) in [4.78, 5) is 16.4. The normalized spacial score (nSPS) is 19.9. The molecule has 0 unspecified atom stereocenters. The van der Waals surface area contributed by atoms with E-state index in [2.05, 4.69) is 37.1 Å². The molecule has 0 aromatic heterocycles. The number of amides is 1. The van der Waals surface area contributed by atoms with Crippen molar-refractivity contribution in [1.29, 1.82) is 5.26 Å². The van der Waals surface area contributed by atoms with Gasteiger partial charge >= 0.3 is 6.09 Å². The van der Waals surface area contributed by atoms with Gasteiger partial charge in [-0.3, -0.25) is 4.90 Å². The van der Waals surface area contributed by atoms with Gasteiger partial charge in [-0.1, -0.05) is 30.3 Å². The minimum atomic E-state index is -0.486. The predicted molar refractivity (Wildman–Crippen MR) is 103 cm³/mol. The molecular formula is C21H31N3O2. The summed E-state index contributed by atoms with van der Waals surface area (Å²) in [6, 6.07) is 13.0. The van der Waals surface area contributed by atoms with E-state index in [0.717, 1.165) is 6.42 Å². The van der Waals surface area contributed by atoms with E-state index >= 15 is 0 Å². The van der Waals surface area contributed by atoms with Crippen LogP contribution < -0.4 is 0 Å². The molecule has 5 nitrogen and oxygen atoms in total. The minimum Gasteiger partial charge on any atom is -0.444 e. The van der Waals surface area contributed by atoms with Crippen LogP contribution in [0.2, 0.25) is 0 Å². The van der Waals surface area contributed by atoms with Crippen molar-refractivity contribution < 1.29 is 9.53 Å². The molecule has 1 aliphatic heterocycles. The molecule has 0 radical (unpaired) electrons. The maximum Gasteiger partial charge on any atom is 0.410 e. The summed E-state index contributed by atoms with van der Waals surface area (Å²) >= 11 is 0. The van der Waals surface area contributed by atoms with Gasteiger partial charge in [0, 0.05) is 25.2 Å². The molecule has 1 fully saturated rings. The first-order valence-electron chi connectivity index (χ1n) is 9.34. The summed E-state index contributed by atoms with van der Waals surface area (Å²) in [5.41, 5.74) is 0.750. The number of hydrogen-bond donors (Lipinski definition) is 0. The van der Waals surface area contributed by atoms with E-state index in [-0.39, 0.29) is 24.1 Å². The second-order valence-electron chi connectivity index (χ2n) is 8.16. The van der Waals surface area contributed by atoms with Gasteiger partial charge in [-0.15, -0.1) is 0 Å². The molecule has 26 heavy (non-hydrogen) atoms. The van der Waals surface area contributed by atoms with E-state index in [4.69, 9.17) is 4.74 Å². The van der Waals surface area contributed by atoms with Gasteiger partial charge in [-0.2, -0.15) is 5.26 Å². The predicted octanol–water partition coefficient (Wildman–Crippen LogP) is 4.22. The van der Waals surface area contributed by atoms with Crippen molar-refractivity contribution in [3.8, 4) is 6.07 Å². The quantitative estimate of drug-likeness (QED) is 0.792. The molecule has 2 rings (SSSR count). The lowest BCUT2D eigenvalue weighted by Gasteiger charge is -2.36. The second kappa shape index (κ2) is 8.55. The van der Waals surface area contributed by atoms with Crippen molar-refractivity contribution in [3.05, 3.63) is 35.9 Å². The third-order valence-electron chi connectivity index (χ3n) is 5.14. The Kier molecular flexibility index (Phi) is 6.66. The molecule has 3 atom stereocenters. The Bertz CT molecular complexity index is 633. The van der Waals surface area contributed by atoms with Gasteiger partial charge in [-0.05, 0) is 52.6 Å². The molecule has 142 valence electrons. The third-order valence-corrected chi connectivity index (χ3v) is 5.14. The van der Waals surface area contributed by atoms with Gasteiger partial charge in [-0.25, -0.2) is 4.79 Å². The molecule has 1 aromatic carbocycles. The van der Waals surface area contributed by atoms with E-state index in [0.29, 0.717) is 19.5 Å². The fraction of sp³-hybridized carbons (Fsp3) is 0.619. The summed E-state index contributed by atoms with van der Waals surface area (Å²) in [6.45, 7) is 9.15. The zero-order valence-electron chi connectivity index (χ0n) is 16.6. The molecule has 1 amide bonds. The highest BCUT2D eigenvalue weighted by Crippen LogP contribution is 2.30. The lowest BCUT2D eigenvalue weighted by Crippen LogP contribution is -2.41. The van der Waals surface area contributed by atoms with Crippen LogP contribution in [0.4, 0.5) is 4.79 Å². The summed E-state index contributed by atoms with van der Waals surface area (Å²) < 4.78 is 5.50. The smallest absolute Gasteiger partial charge is 0.410 e. The van der Waals surface area contributed by atoms with Gasteiger partial charge in [0.05, 0.1) is 12.5 Å². The van der Waals surface area contributed by atoms with Gasteiger partial charge in [0.25, 0.3) is 0 Å². The monoisotopic (exact) mass is 357 g/mol. The van der Waals surface area contributed by atoms with Crippen LogP contribution in [0.15, 0.2) is 30.3 Å². The molecule has 0 spiro atoms. The lowest BCUT2D eigenvalue weighted by molar-refractivity contribution is 0.0276. The SMILES string of the molecule is C[C@@H](c1ccccc1)N(C)[C@@H](CC#N)[C@@H]1CCN(C(=O)OC(C)(C)C)C1. The molecule has 1 heterocycles. The molecule has 1 aliphatic rings. The number of hydrogen-bond acceptors (Lipinski definition) is 4. The van der Waals surface area contributed by atoms with Crippen molar-refractivity contribution >= 4 is 6.09 Å². The summed E-state index contributed by atoms with van der Waals surface area (Å²) in [7, 11) is 2.08. The van der Waals surface area contributed by atoms with Crippen molar-refractivity contribution in [3.63, 3.8) is 0 Å². The largest absolute Gasteiger partial charge is 0.444 e. The van der Waals surface area contributed by atoms with Crippen LogP contribution in [-0.4, -0.2) is 47.7 Å². The molecule has 5 heteroatoms. The van der Waals surface area contributed by atoms with E-state index in [9.17, 15) is 10.1 Å². The Morgan fingerprint density at radius 3 is 2.62 bits per heavy atom. The Labute approximate surface area is 157 Å². The van der Waals surface area contributed by atoms with Gasteiger partial charge in [0.15, 0.2) is 0 Å². The lowest BCUT2D eigenvalue weighted by atomic mass is 9.93. The number of likely N-dealkylation sites (tertiary alicyclic amines) is 1. The molecule has 0 bridgehead atoms. The number of nitriles is 1. The van der Waals surface area contributed by atoms with E-state index in [1.807, 2.05) is 39.0 Å². The first kappa shape index (κ1) is 20.3. The fourth-order valence-corrected chi connectivity index (χ4v) is 3.58. The molecule has 1 aromatic rings. The first-order chi connectivity index (χ1) is 12.2. The number of rotatable bonds is 5. The Morgan fingerprint density at radius 1 is 1.38 bits per heavy atom. The van der Waals surface area contributed by atoms with Crippen LogP contribution in [-0.2, 0) is 4.74 Å². The van der Waals surface area contributed by atoms with Crippen LogP contribution in [0.3, 0.4) is 0 Å². The first-order valence-corrected chi connectivity index (χ1v) is 9.34. The number of benzene rings is 1. The van der Waals surface area contributed by atoms with Gasteiger partial charge in [0.1, 0.15) is 5.60 Å². The maximum atomic E-state index is 12.3. The van der Waals surface area contributed by atoms with Crippen molar-refractivity contribution in [2.45, 2.75) is 58.2 Å². The topological polar surface area (TPSA) is 56.6 Å². The Morgan fingerprint density at radius 2 is 2.04 bits per heavy atom. The number of carbonyl (C=O) groups excluding carboxylic acids is 1. The van der Waals surface area contributed by atoms with Crippen LogP contribution >= 0.6 is 0 Å². The molecular weight excluding hydrogens is 326 g/mol. The second-order valence-corrected chi connectivity index (χ2v) is 8.16. The standard InChI is InChI=1S/C21H31N3O2/c1-16(17-9-7-6-8-10-17)23(5)19(11-13-22)18-12-14-24(15-18)20(25)26-21(2,3)4/h6-10,16,18-19H,11-12,14-15H2,1-5H3/t16-,18+,19-/m0/s1. The van der Waals surface area contributed by atoms with E-state index < -0.39 is 5.60 Å². The van der Waals surface area contributed by atoms with Crippen molar-refractivity contribution in [1.82, 2.24) is 9.80 Å². The van der Waals surface area contributed by atoms with Crippen LogP contribution in [0, 0.1) is 17.2 Å². The average molecular weight is 357 g/mol. The highest BCUT2D eigenvalue weighted by atomic mass is 16.6. The van der Waals surface area contributed by atoms with Crippen molar-refractivity contribution in [2.75, 3.05) is 20.1 Å². The molecule has 0 aliphatic carbocycles. The van der Waals surface area contributed by atoms with Crippen LogP contribution in [0.25, 0.3) is 0 Å². The number of carbonyl (C=O) groups is 1. The summed E-state index contributed by atoms with van der Waals surface area (Å²) in [5, 5.41) is 9.34. The van der Waals surface area contributed by atoms with Gasteiger partial charge in [0.2, 0.25) is 0 Å². The van der Waals surface area contributed by atoms with E-state index in [1.54, 1.807) is 4.90 Å².